The van der Waals surface area contributed by atoms with E-state index in [1.54, 1.807) is 37.4 Å². The molecular weight excluding hydrogens is 300 g/mol. The first-order valence-corrected chi connectivity index (χ1v) is 8.17. The van der Waals surface area contributed by atoms with E-state index < -0.39 is 22.9 Å². The molecule has 5 nitrogen and oxygen atoms in total. The number of amides is 2. The fourth-order valence-corrected chi connectivity index (χ4v) is 1.94. The lowest BCUT2D eigenvalue weighted by Gasteiger charge is -2.18. The van der Waals surface area contributed by atoms with Gasteiger partial charge in [-0.25, -0.2) is 4.79 Å². The third kappa shape index (κ3) is 5.48. The van der Waals surface area contributed by atoms with E-state index in [1.807, 2.05) is 0 Å². The number of halogens is 1. The van der Waals surface area contributed by atoms with Crippen LogP contribution in [0.1, 0.15) is 18.5 Å². The molecule has 1 aromatic carbocycles. The summed E-state index contributed by atoms with van der Waals surface area (Å²) < 4.78 is 11.2. The number of hydrogen-bond acceptors (Lipinski definition) is 3. The summed E-state index contributed by atoms with van der Waals surface area (Å²) in [6, 6.07) is 5.97. The maximum absolute atomic E-state index is 11.7. The van der Waals surface area contributed by atoms with E-state index >= 15 is 0 Å². The van der Waals surface area contributed by atoms with Crippen LogP contribution in [-0.4, -0.2) is 40.0 Å². The second-order valence-corrected chi connectivity index (χ2v) is 6.69. The Morgan fingerprint density at radius 2 is 2.00 bits per heavy atom. The van der Waals surface area contributed by atoms with Crippen molar-refractivity contribution in [2.45, 2.75) is 18.2 Å². The molecule has 3 unspecified atom stereocenters. The third-order valence-electron chi connectivity index (χ3n) is 2.88. The van der Waals surface area contributed by atoms with Crippen LogP contribution in [0.5, 0.6) is 0 Å². The number of aliphatic hydroxyl groups excluding tert-OH is 1. The Morgan fingerprint density at radius 1 is 1.40 bits per heavy atom. The van der Waals surface area contributed by atoms with Gasteiger partial charge in [0, 0.05) is 33.9 Å². The van der Waals surface area contributed by atoms with E-state index in [-0.39, 0.29) is 11.9 Å². The molecule has 0 aromatic heterocycles. The van der Waals surface area contributed by atoms with Gasteiger partial charge in [-0.05, 0) is 24.6 Å². The maximum Gasteiger partial charge on any atom is 0.315 e. The van der Waals surface area contributed by atoms with Crippen LogP contribution in [0.3, 0.4) is 0 Å². The van der Waals surface area contributed by atoms with Crippen molar-refractivity contribution in [2.24, 2.45) is 0 Å². The maximum atomic E-state index is 11.7. The SMILES string of the molecule is CC(CNC(=O)NC(CO)c1ccc(Cl)cc1)S(C)=O. The molecule has 1 rings (SSSR count). The van der Waals surface area contributed by atoms with Crippen molar-refractivity contribution in [1.82, 2.24) is 10.6 Å². The van der Waals surface area contributed by atoms with E-state index in [1.165, 1.54) is 0 Å². The topological polar surface area (TPSA) is 78.4 Å². The molecule has 2 amide bonds. The molecule has 0 saturated carbocycles. The largest absolute Gasteiger partial charge is 0.394 e. The lowest BCUT2D eigenvalue weighted by atomic mass is 10.1. The standard InChI is InChI=1S/C13H19ClN2O3S/c1-9(20(2)19)7-15-13(18)16-12(8-17)10-3-5-11(14)6-4-10/h3-6,9,12,17H,7-8H2,1-2H3,(H2,15,16,18). The van der Waals surface area contributed by atoms with Crippen LogP contribution >= 0.6 is 11.6 Å². The van der Waals surface area contributed by atoms with Crippen LogP contribution in [0, 0.1) is 0 Å². The molecule has 0 saturated heterocycles. The van der Waals surface area contributed by atoms with Crippen molar-refractivity contribution in [3.63, 3.8) is 0 Å². The minimum atomic E-state index is -0.986. The second kappa shape index (κ2) is 8.24. The summed E-state index contributed by atoms with van der Waals surface area (Å²) in [6.45, 7) is 1.89. The smallest absolute Gasteiger partial charge is 0.315 e. The first-order chi connectivity index (χ1) is 9.43. The van der Waals surface area contributed by atoms with Gasteiger partial charge in [0.15, 0.2) is 0 Å². The normalized spacial score (nSPS) is 15.2. The van der Waals surface area contributed by atoms with Crippen molar-refractivity contribution < 1.29 is 14.1 Å². The first kappa shape index (κ1) is 16.9. The number of aliphatic hydroxyl groups is 1. The predicted octanol–water partition coefficient (Wildman–Crippen LogP) is 1.44. The fourth-order valence-electron chi connectivity index (χ4n) is 1.49. The Hall–Kier alpha value is -1.11. The van der Waals surface area contributed by atoms with Crippen molar-refractivity contribution in [1.29, 1.82) is 0 Å². The highest BCUT2D eigenvalue weighted by Gasteiger charge is 2.14. The summed E-state index contributed by atoms with van der Waals surface area (Å²) in [7, 11) is -0.986. The van der Waals surface area contributed by atoms with Crippen LogP contribution in [-0.2, 0) is 10.8 Å². The van der Waals surface area contributed by atoms with Gasteiger partial charge in [0.25, 0.3) is 0 Å². The fraction of sp³-hybridized carbons (Fsp3) is 0.462. The van der Waals surface area contributed by atoms with Crippen LogP contribution in [0.4, 0.5) is 4.79 Å². The zero-order valence-electron chi connectivity index (χ0n) is 11.4. The summed E-state index contributed by atoms with van der Waals surface area (Å²) in [6.07, 6.45) is 1.59. The summed E-state index contributed by atoms with van der Waals surface area (Å²) in [5.41, 5.74) is 0.763. The zero-order valence-corrected chi connectivity index (χ0v) is 13.0. The molecule has 0 heterocycles. The number of rotatable bonds is 6. The van der Waals surface area contributed by atoms with Gasteiger partial charge in [0.2, 0.25) is 0 Å². The number of hydrogen-bond donors (Lipinski definition) is 3. The summed E-state index contributed by atoms with van der Waals surface area (Å²) in [5, 5.41) is 15.1. The molecule has 0 fully saturated rings. The van der Waals surface area contributed by atoms with Crippen molar-refractivity contribution in [3.8, 4) is 0 Å². The summed E-state index contributed by atoms with van der Waals surface area (Å²) >= 11 is 5.79. The Balaban J connectivity index is 2.53. The number of nitrogens with one attached hydrogen (secondary N) is 2. The summed E-state index contributed by atoms with van der Waals surface area (Å²) in [4.78, 5) is 11.7. The van der Waals surface area contributed by atoms with E-state index in [2.05, 4.69) is 10.6 Å². The van der Waals surface area contributed by atoms with Gasteiger partial charge in [-0.3, -0.25) is 4.21 Å². The molecule has 3 N–H and O–H groups in total. The number of urea groups is 1. The Bertz CT molecular complexity index is 467. The van der Waals surface area contributed by atoms with Crippen LogP contribution < -0.4 is 10.6 Å². The number of carbonyl (C=O) groups is 1. The van der Waals surface area contributed by atoms with E-state index in [0.717, 1.165) is 5.56 Å². The van der Waals surface area contributed by atoms with Crippen LogP contribution in [0.15, 0.2) is 24.3 Å². The van der Waals surface area contributed by atoms with Crippen molar-refractivity contribution in [2.75, 3.05) is 19.4 Å². The van der Waals surface area contributed by atoms with Crippen molar-refractivity contribution in [3.05, 3.63) is 34.9 Å². The predicted molar refractivity (Wildman–Crippen MR) is 81.3 cm³/mol. The van der Waals surface area contributed by atoms with E-state index in [9.17, 15) is 14.1 Å². The second-order valence-electron chi connectivity index (χ2n) is 4.45. The Labute approximate surface area is 126 Å². The molecule has 3 atom stereocenters. The molecule has 0 spiro atoms. The molecule has 0 radical (unpaired) electrons. The van der Waals surface area contributed by atoms with Gasteiger partial charge in [0.05, 0.1) is 12.6 Å². The van der Waals surface area contributed by atoms with Gasteiger partial charge in [-0.2, -0.15) is 0 Å². The Kier molecular flexibility index (Phi) is 6.98. The lowest BCUT2D eigenvalue weighted by molar-refractivity contribution is 0.217. The molecular formula is C13H19ClN2O3S. The molecule has 112 valence electrons. The molecule has 0 aliphatic carbocycles. The monoisotopic (exact) mass is 318 g/mol. The molecule has 0 aliphatic heterocycles. The zero-order chi connectivity index (χ0) is 15.1. The Morgan fingerprint density at radius 3 is 2.50 bits per heavy atom. The number of carbonyl (C=O) groups excluding carboxylic acids is 1. The van der Waals surface area contributed by atoms with Gasteiger partial charge in [-0.1, -0.05) is 23.7 Å². The third-order valence-corrected chi connectivity index (χ3v) is 4.43. The minimum absolute atomic E-state index is 0.121. The van der Waals surface area contributed by atoms with Gasteiger partial charge >= 0.3 is 6.03 Å². The molecule has 20 heavy (non-hydrogen) atoms. The number of benzene rings is 1. The van der Waals surface area contributed by atoms with Gasteiger partial charge in [0.1, 0.15) is 0 Å². The minimum Gasteiger partial charge on any atom is -0.394 e. The first-order valence-electron chi connectivity index (χ1n) is 6.17. The average Bonchev–Trinajstić information content (AvgIpc) is 2.43. The summed E-state index contributed by atoms with van der Waals surface area (Å²) in [5.74, 6) is 0. The molecule has 7 heteroatoms. The van der Waals surface area contributed by atoms with E-state index in [4.69, 9.17) is 11.6 Å². The van der Waals surface area contributed by atoms with E-state index in [0.29, 0.717) is 11.6 Å². The highest BCUT2D eigenvalue weighted by molar-refractivity contribution is 7.84. The molecule has 1 aromatic rings. The van der Waals surface area contributed by atoms with Crippen molar-refractivity contribution >= 4 is 28.4 Å². The highest BCUT2D eigenvalue weighted by atomic mass is 35.5. The quantitative estimate of drug-likeness (QED) is 0.742. The highest BCUT2D eigenvalue weighted by Crippen LogP contribution is 2.16. The van der Waals surface area contributed by atoms with Gasteiger partial charge in [-0.15, -0.1) is 0 Å². The van der Waals surface area contributed by atoms with Crippen LogP contribution in [0.25, 0.3) is 0 Å². The molecule has 0 aliphatic rings. The molecule has 0 bridgehead atoms. The van der Waals surface area contributed by atoms with Crippen LogP contribution in [0.2, 0.25) is 5.02 Å². The van der Waals surface area contributed by atoms with Gasteiger partial charge < -0.3 is 15.7 Å². The lowest BCUT2D eigenvalue weighted by Crippen LogP contribution is -2.42. The average molecular weight is 319 g/mol.